The summed E-state index contributed by atoms with van der Waals surface area (Å²) in [6.45, 7) is 3.66. The van der Waals surface area contributed by atoms with Gasteiger partial charge in [0.05, 0.1) is 0 Å². The molecule has 2 aliphatic rings. The number of halogens is 1. The number of carbonyl (C=O) groups is 2. The molecule has 7 heteroatoms. The first-order valence-corrected chi connectivity index (χ1v) is 16.7. The van der Waals surface area contributed by atoms with Gasteiger partial charge in [-0.3, -0.25) is 19.2 Å². The Morgan fingerprint density at radius 2 is 1.10 bits per heavy atom. The van der Waals surface area contributed by atoms with Crippen molar-refractivity contribution in [2.75, 3.05) is 0 Å². The molecule has 0 bridgehead atoms. The summed E-state index contributed by atoms with van der Waals surface area (Å²) in [7, 11) is 3.54. The number of benzene rings is 3. The maximum absolute atomic E-state index is 12.1. The summed E-state index contributed by atoms with van der Waals surface area (Å²) in [6.07, 6.45) is 8.24. The lowest BCUT2D eigenvalue weighted by Crippen LogP contribution is -2.19. The van der Waals surface area contributed by atoms with Gasteiger partial charge in [-0.05, 0) is 107 Å². The average Bonchev–Trinajstić information content (AvgIpc) is 3.06. The topological polar surface area (TPSA) is 78.1 Å². The van der Waals surface area contributed by atoms with Crippen LogP contribution in [0.25, 0.3) is 22.3 Å². The van der Waals surface area contributed by atoms with Crippen molar-refractivity contribution in [2.45, 2.75) is 58.8 Å². The standard InChI is InChI=1S/C24H23NO2.C17H16ClNO2/c1-16-10-21(15-25(2)24(16)27)19-12-18-8-9-22(26)14-23(18)20(13-19)11-17-6-4-3-5-7-17;1-10-5-13(9-19(2)17(10)21)12-6-11-3-4-14(20)8-15(11)16(18)7-12/h3-7,10,12-13,15H,8-9,11,14H2,1-2H3;5-7,9H,3-4,8H2,1-2H3. The number of aromatic nitrogens is 2. The summed E-state index contributed by atoms with van der Waals surface area (Å²) in [5.41, 5.74) is 12.6. The van der Waals surface area contributed by atoms with Gasteiger partial charge in [0.2, 0.25) is 0 Å². The maximum atomic E-state index is 12.1. The van der Waals surface area contributed by atoms with E-state index in [0.29, 0.717) is 42.1 Å². The smallest absolute Gasteiger partial charge is 0.253 e. The minimum Gasteiger partial charge on any atom is -0.318 e. The second kappa shape index (κ2) is 13.7. The van der Waals surface area contributed by atoms with E-state index in [1.54, 1.807) is 23.2 Å². The highest BCUT2D eigenvalue weighted by molar-refractivity contribution is 6.32. The van der Waals surface area contributed by atoms with Gasteiger partial charge >= 0.3 is 0 Å². The lowest BCUT2D eigenvalue weighted by Gasteiger charge is -2.21. The van der Waals surface area contributed by atoms with Gasteiger partial charge in [-0.1, -0.05) is 60.1 Å². The number of hydrogen-bond acceptors (Lipinski definition) is 4. The molecule has 7 rings (SSSR count). The molecule has 5 aromatic rings. The summed E-state index contributed by atoms with van der Waals surface area (Å²) >= 11 is 6.35. The van der Waals surface area contributed by atoms with Crippen molar-refractivity contribution in [1.82, 2.24) is 9.13 Å². The van der Waals surface area contributed by atoms with E-state index in [0.717, 1.165) is 58.2 Å². The van der Waals surface area contributed by atoms with Gasteiger partial charge in [0.1, 0.15) is 11.6 Å². The average molecular weight is 659 g/mol. The van der Waals surface area contributed by atoms with Crippen LogP contribution in [0.5, 0.6) is 0 Å². The van der Waals surface area contributed by atoms with Gasteiger partial charge in [-0.25, -0.2) is 0 Å². The maximum Gasteiger partial charge on any atom is 0.253 e. The number of carbonyl (C=O) groups excluding carboxylic acids is 2. The summed E-state index contributed by atoms with van der Waals surface area (Å²) in [5, 5.41) is 0.641. The summed E-state index contributed by atoms with van der Waals surface area (Å²) in [4.78, 5) is 47.5. The highest BCUT2D eigenvalue weighted by Crippen LogP contribution is 2.33. The summed E-state index contributed by atoms with van der Waals surface area (Å²) < 4.78 is 3.23. The molecule has 0 spiro atoms. The first-order chi connectivity index (χ1) is 23.0. The van der Waals surface area contributed by atoms with Gasteiger partial charge in [0.15, 0.2) is 0 Å². The van der Waals surface area contributed by atoms with Crippen LogP contribution in [0.3, 0.4) is 0 Å². The van der Waals surface area contributed by atoms with E-state index in [1.807, 2.05) is 62.6 Å². The monoisotopic (exact) mass is 658 g/mol. The summed E-state index contributed by atoms with van der Waals surface area (Å²) in [6, 6.07) is 22.6. The van der Waals surface area contributed by atoms with Crippen LogP contribution in [-0.4, -0.2) is 20.7 Å². The van der Waals surface area contributed by atoms with Crippen LogP contribution >= 0.6 is 11.6 Å². The molecule has 3 aromatic carbocycles. The number of Topliss-reactive ketones (excluding diaryl/α,β-unsaturated/α-hetero) is 2. The number of fused-ring (bicyclic) bond motifs is 2. The van der Waals surface area contributed by atoms with E-state index in [4.69, 9.17) is 11.6 Å². The fourth-order valence-corrected chi connectivity index (χ4v) is 7.17. The fourth-order valence-electron chi connectivity index (χ4n) is 6.86. The van der Waals surface area contributed by atoms with Gasteiger partial charge in [0, 0.05) is 68.3 Å². The lowest BCUT2D eigenvalue weighted by molar-refractivity contribution is -0.119. The molecular weight excluding hydrogens is 620 g/mol. The zero-order valence-electron chi connectivity index (χ0n) is 27.9. The normalized spacial score (nSPS) is 13.8. The third kappa shape index (κ3) is 7.04. The Hall–Kier alpha value is -4.81. The SMILES string of the molecule is Cc1cc(-c2cc(Cl)c3c(c2)CCC(=O)C3)cn(C)c1=O.Cc1cc(-c2cc3c(c(Cc4ccccc4)c2)CC(=O)CC3)cn(C)c1=O. The number of ketones is 2. The predicted molar refractivity (Wildman–Crippen MR) is 192 cm³/mol. The van der Waals surface area contributed by atoms with Gasteiger partial charge in [0.25, 0.3) is 11.1 Å². The van der Waals surface area contributed by atoms with Crippen LogP contribution in [0.15, 0.2) is 88.7 Å². The molecule has 0 aliphatic heterocycles. The van der Waals surface area contributed by atoms with Gasteiger partial charge in [-0.2, -0.15) is 0 Å². The van der Waals surface area contributed by atoms with Crippen molar-refractivity contribution >= 4 is 23.2 Å². The van der Waals surface area contributed by atoms with E-state index in [1.165, 1.54) is 22.3 Å². The highest BCUT2D eigenvalue weighted by Gasteiger charge is 2.21. The highest BCUT2D eigenvalue weighted by atomic mass is 35.5. The first-order valence-electron chi connectivity index (χ1n) is 16.4. The van der Waals surface area contributed by atoms with Crippen molar-refractivity contribution < 1.29 is 9.59 Å². The molecule has 0 atom stereocenters. The molecule has 0 unspecified atom stereocenters. The Bertz CT molecular complexity index is 2140. The molecule has 0 amide bonds. The number of pyridine rings is 2. The van der Waals surface area contributed by atoms with E-state index in [-0.39, 0.29) is 16.9 Å². The van der Waals surface area contributed by atoms with Crippen LogP contribution in [0.1, 0.15) is 57.3 Å². The molecule has 6 nitrogen and oxygen atoms in total. The quantitative estimate of drug-likeness (QED) is 0.207. The lowest BCUT2D eigenvalue weighted by atomic mass is 9.83. The van der Waals surface area contributed by atoms with Crippen LogP contribution < -0.4 is 11.1 Å². The molecule has 48 heavy (non-hydrogen) atoms. The van der Waals surface area contributed by atoms with E-state index >= 15 is 0 Å². The Kier molecular flexibility index (Phi) is 9.47. The molecule has 244 valence electrons. The molecule has 2 aromatic heterocycles. The van der Waals surface area contributed by atoms with E-state index in [2.05, 4.69) is 30.3 Å². The summed E-state index contributed by atoms with van der Waals surface area (Å²) in [5.74, 6) is 0.567. The number of nitrogens with zero attached hydrogens (tertiary/aromatic N) is 2. The van der Waals surface area contributed by atoms with E-state index < -0.39 is 0 Å². The number of aryl methyl sites for hydroxylation is 6. The van der Waals surface area contributed by atoms with Crippen molar-refractivity contribution in [1.29, 1.82) is 0 Å². The fraction of sp³-hybridized carbons (Fsp3) is 0.268. The Balaban J connectivity index is 0.000000173. The number of rotatable bonds is 4. The second-order valence-electron chi connectivity index (χ2n) is 13.1. The van der Waals surface area contributed by atoms with Crippen LogP contribution in [0.2, 0.25) is 5.02 Å². The molecule has 0 saturated heterocycles. The Morgan fingerprint density at radius 1 is 0.604 bits per heavy atom. The predicted octanol–water partition coefficient (Wildman–Crippen LogP) is 7.08. The first kappa shape index (κ1) is 33.1. The second-order valence-corrected chi connectivity index (χ2v) is 13.5. The minimum atomic E-state index is 0.00778. The Labute approximate surface area is 285 Å². The van der Waals surface area contributed by atoms with Crippen molar-refractivity contribution in [3.05, 3.63) is 149 Å². The van der Waals surface area contributed by atoms with Crippen molar-refractivity contribution in [3.8, 4) is 22.3 Å². The zero-order valence-corrected chi connectivity index (χ0v) is 28.6. The van der Waals surface area contributed by atoms with Gasteiger partial charge < -0.3 is 9.13 Å². The largest absolute Gasteiger partial charge is 0.318 e. The molecule has 0 fully saturated rings. The van der Waals surface area contributed by atoms with Crippen LogP contribution in [-0.2, 0) is 55.8 Å². The third-order valence-corrected chi connectivity index (χ3v) is 9.78. The molecular formula is C41H39ClN2O4. The third-order valence-electron chi connectivity index (χ3n) is 9.45. The van der Waals surface area contributed by atoms with Gasteiger partial charge in [-0.15, -0.1) is 0 Å². The Morgan fingerprint density at radius 3 is 1.65 bits per heavy atom. The van der Waals surface area contributed by atoms with Crippen molar-refractivity contribution in [2.24, 2.45) is 14.1 Å². The van der Waals surface area contributed by atoms with Crippen LogP contribution in [0, 0.1) is 13.8 Å². The number of hydrogen-bond donors (Lipinski definition) is 0. The zero-order chi connectivity index (χ0) is 34.1. The van der Waals surface area contributed by atoms with Crippen LogP contribution in [0.4, 0.5) is 0 Å². The van der Waals surface area contributed by atoms with E-state index in [9.17, 15) is 19.2 Å². The molecule has 2 aliphatic carbocycles. The molecule has 2 heterocycles. The molecule has 0 radical (unpaired) electrons. The molecule has 0 saturated carbocycles. The molecule has 0 N–H and O–H groups in total. The van der Waals surface area contributed by atoms with Crippen molar-refractivity contribution in [3.63, 3.8) is 0 Å². The minimum absolute atomic E-state index is 0.00778.